The summed E-state index contributed by atoms with van der Waals surface area (Å²) >= 11 is 0. The average Bonchev–Trinajstić information content (AvgIpc) is 3.23. The van der Waals surface area contributed by atoms with Gasteiger partial charge in [0.1, 0.15) is 5.82 Å². The van der Waals surface area contributed by atoms with Crippen LogP contribution in [0.15, 0.2) is 29.2 Å². The van der Waals surface area contributed by atoms with Gasteiger partial charge in [-0.15, -0.1) is 5.10 Å². The van der Waals surface area contributed by atoms with Gasteiger partial charge in [-0.25, -0.2) is 17.9 Å². The summed E-state index contributed by atoms with van der Waals surface area (Å²) in [7, 11) is -3.70. The Bertz CT molecular complexity index is 980. The molecule has 30 heavy (non-hydrogen) atoms. The number of rotatable bonds is 5. The fraction of sp³-hybridized carbons (Fsp3) is 0.526. The minimum absolute atomic E-state index is 0.0544. The predicted octanol–water partition coefficient (Wildman–Crippen LogP) is 1.97. The molecular formula is C19H25FN6O3S. The van der Waals surface area contributed by atoms with Gasteiger partial charge in [-0.3, -0.25) is 10.1 Å². The molecule has 1 aromatic heterocycles. The molecule has 0 radical (unpaired) electrons. The first kappa shape index (κ1) is 20.7. The first-order valence-electron chi connectivity index (χ1n) is 10.2. The normalized spacial score (nSPS) is 19.0. The van der Waals surface area contributed by atoms with Gasteiger partial charge in [0.2, 0.25) is 27.8 Å². The van der Waals surface area contributed by atoms with E-state index < -0.39 is 15.8 Å². The highest BCUT2D eigenvalue weighted by Gasteiger charge is 2.32. The number of nitrogens with zero attached hydrogens (tertiary/aromatic N) is 4. The van der Waals surface area contributed by atoms with Crippen molar-refractivity contribution >= 4 is 27.8 Å². The standard InChI is InChI=1S/C19H25FN6O3S/c20-15-4-6-16(7-5-15)30(28,29)26-12-8-14(9-13-26)17(27)21-18-22-19(24-23-18)25-10-2-1-3-11-25/h4-7,14H,1-3,8-13H2,(H2,21,22,23,24,27). The molecule has 1 aromatic carbocycles. The summed E-state index contributed by atoms with van der Waals surface area (Å²) < 4.78 is 39.8. The highest BCUT2D eigenvalue weighted by Crippen LogP contribution is 2.25. The van der Waals surface area contributed by atoms with E-state index in [0.29, 0.717) is 24.7 Å². The average molecular weight is 437 g/mol. The van der Waals surface area contributed by atoms with Crippen LogP contribution in [0.1, 0.15) is 32.1 Å². The molecule has 0 unspecified atom stereocenters. The lowest BCUT2D eigenvalue weighted by molar-refractivity contribution is -0.121. The quantitative estimate of drug-likeness (QED) is 0.741. The SMILES string of the molecule is O=C(Nc1nc(N2CCCCC2)n[nH]1)C1CCN(S(=O)(=O)c2ccc(F)cc2)CC1. The second kappa shape index (κ2) is 8.68. The molecule has 2 N–H and O–H groups in total. The van der Waals surface area contributed by atoms with Gasteiger partial charge in [0, 0.05) is 32.1 Å². The molecule has 2 aliphatic rings. The van der Waals surface area contributed by atoms with E-state index in [-0.39, 0.29) is 29.8 Å². The van der Waals surface area contributed by atoms with Crippen LogP contribution in [0.4, 0.5) is 16.3 Å². The molecule has 1 amide bonds. The Labute approximate surface area is 174 Å². The van der Waals surface area contributed by atoms with Crippen LogP contribution in [-0.4, -0.2) is 60.0 Å². The Morgan fingerprint density at radius 2 is 1.73 bits per heavy atom. The molecule has 2 saturated heterocycles. The molecule has 2 aliphatic heterocycles. The number of hydrogen-bond acceptors (Lipinski definition) is 6. The summed E-state index contributed by atoms with van der Waals surface area (Å²) in [6.07, 6.45) is 4.23. The third kappa shape index (κ3) is 4.46. The van der Waals surface area contributed by atoms with Gasteiger partial charge in [-0.05, 0) is 56.4 Å². The number of carbonyl (C=O) groups is 1. The number of amides is 1. The van der Waals surface area contributed by atoms with Crippen molar-refractivity contribution in [1.29, 1.82) is 0 Å². The van der Waals surface area contributed by atoms with E-state index in [9.17, 15) is 17.6 Å². The van der Waals surface area contributed by atoms with Crippen molar-refractivity contribution in [2.75, 3.05) is 36.4 Å². The van der Waals surface area contributed by atoms with Crippen LogP contribution < -0.4 is 10.2 Å². The molecule has 2 fully saturated rings. The van der Waals surface area contributed by atoms with Crippen molar-refractivity contribution < 1.29 is 17.6 Å². The van der Waals surface area contributed by atoms with Crippen LogP contribution in [0.2, 0.25) is 0 Å². The van der Waals surface area contributed by atoms with Crippen molar-refractivity contribution in [1.82, 2.24) is 19.5 Å². The van der Waals surface area contributed by atoms with Gasteiger partial charge in [0.15, 0.2) is 0 Å². The zero-order chi connectivity index (χ0) is 21.1. The first-order valence-corrected chi connectivity index (χ1v) is 11.6. The summed E-state index contributed by atoms with van der Waals surface area (Å²) in [5, 5.41) is 9.70. The predicted molar refractivity (Wildman–Crippen MR) is 109 cm³/mol. The molecule has 3 heterocycles. The highest BCUT2D eigenvalue weighted by atomic mass is 32.2. The lowest BCUT2D eigenvalue weighted by Gasteiger charge is -2.30. The number of aromatic amines is 1. The summed E-state index contributed by atoms with van der Waals surface area (Å²) in [4.78, 5) is 19.1. The second-order valence-electron chi connectivity index (χ2n) is 7.65. The van der Waals surface area contributed by atoms with Crippen LogP contribution in [0.3, 0.4) is 0 Å². The van der Waals surface area contributed by atoms with Gasteiger partial charge in [-0.1, -0.05) is 0 Å². The Hall–Kier alpha value is -2.53. The minimum atomic E-state index is -3.70. The number of benzene rings is 1. The van der Waals surface area contributed by atoms with E-state index in [2.05, 4.69) is 25.4 Å². The van der Waals surface area contributed by atoms with E-state index in [4.69, 9.17) is 0 Å². The third-order valence-corrected chi connectivity index (χ3v) is 7.54. The summed E-state index contributed by atoms with van der Waals surface area (Å²) in [6, 6.07) is 4.77. The van der Waals surface area contributed by atoms with E-state index in [1.54, 1.807) is 0 Å². The number of H-pyrrole nitrogens is 1. The van der Waals surface area contributed by atoms with Crippen LogP contribution in [-0.2, 0) is 14.8 Å². The third-order valence-electron chi connectivity index (χ3n) is 5.63. The fourth-order valence-corrected chi connectivity index (χ4v) is 5.35. The van der Waals surface area contributed by atoms with Crippen LogP contribution in [0.5, 0.6) is 0 Å². The van der Waals surface area contributed by atoms with Gasteiger partial charge in [0.25, 0.3) is 0 Å². The van der Waals surface area contributed by atoms with Crippen LogP contribution >= 0.6 is 0 Å². The maximum Gasteiger partial charge on any atom is 0.246 e. The number of hydrogen-bond donors (Lipinski definition) is 2. The lowest BCUT2D eigenvalue weighted by atomic mass is 9.97. The topological polar surface area (TPSA) is 111 Å². The zero-order valence-corrected chi connectivity index (χ0v) is 17.4. The number of anilines is 2. The van der Waals surface area contributed by atoms with E-state index in [1.165, 1.54) is 22.9 Å². The van der Waals surface area contributed by atoms with Crippen molar-refractivity contribution in [2.45, 2.75) is 37.0 Å². The Morgan fingerprint density at radius 1 is 1.07 bits per heavy atom. The van der Waals surface area contributed by atoms with Crippen LogP contribution in [0, 0.1) is 11.7 Å². The van der Waals surface area contributed by atoms with Crippen LogP contribution in [0.25, 0.3) is 0 Å². The molecule has 9 nitrogen and oxygen atoms in total. The van der Waals surface area contributed by atoms with Crippen molar-refractivity contribution in [3.05, 3.63) is 30.1 Å². The van der Waals surface area contributed by atoms with Gasteiger partial charge >= 0.3 is 0 Å². The number of piperidine rings is 2. The molecular weight excluding hydrogens is 411 g/mol. The smallest absolute Gasteiger partial charge is 0.246 e. The summed E-state index contributed by atoms with van der Waals surface area (Å²) in [6.45, 7) is 2.28. The molecule has 0 atom stereocenters. The number of aromatic nitrogens is 3. The van der Waals surface area contributed by atoms with Gasteiger partial charge < -0.3 is 4.90 Å². The first-order chi connectivity index (χ1) is 14.4. The van der Waals surface area contributed by atoms with E-state index >= 15 is 0 Å². The molecule has 0 saturated carbocycles. The molecule has 4 rings (SSSR count). The fourth-order valence-electron chi connectivity index (χ4n) is 3.88. The van der Waals surface area contributed by atoms with Gasteiger partial charge in [0.05, 0.1) is 4.90 Å². The lowest BCUT2D eigenvalue weighted by Crippen LogP contribution is -2.41. The van der Waals surface area contributed by atoms with Crippen molar-refractivity contribution in [3.8, 4) is 0 Å². The number of halogens is 1. The number of sulfonamides is 1. The molecule has 0 bridgehead atoms. The largest absolute Gasteiger partial charge is 0.340 e. The number of carbonyl (C=O) groups excluding carboxylic acids is 1. The maximum atomic E-state index is 13.1. The molecule has 0 aliphatic carbocycles. The van der Waals surface area contributed by atoms with Gasteiger partial charge in [-0.2, -0.15) is 9.29 Å². The summed E-state index contributed by atoms with van der Waals surface area (Å²) in [5.74, 6) is -0.101. The van der Waals surface area contributed by atoms with Crippen molar-refractivity contribution in [3.63, 3.8) is 0 Å². The molecule has 0 spiro atoms. The van der Waals surface area contributed by atoms with Crippen molar-refractivity contribution in [2.24, 2.45) is 5.92 Å². The second-order valence-corrected chi connectivity index (χ2v) is 9.59. The maximum absolute atomic E-state index is 13.1. The summed E-state index contributed by atoms with van der Waals surface area (Å²) in [5.41, 5.74) is 0. The van der Waals surface area contributed by atoms with E-state index in [1.807, 2.05) is 0 Å². The zero-order valence-electron chi connectivity index (χ0n) is 16.6. The Kier molecular flexibility index (Phi) is 6.00. The Morgan fingerprint density at radius 3 is 2.40 bits per heavy atom. The molecule has 2 aromatic rings. The highest BCUT2D eigenvalue weighted by molar-refractivity contribution is 7.89. The van der Waals surface area contributed by atoms with E-state index in [0.717, 1.165) is 38.1 Å². The Balaban J connectivity index is 1.32. The molecule has 11 heteroatoms. The number of nitrogens with one attached hydrogen (secondary N) is 2. The monoisotopic (exact) mass is 436 g/mol. The molecule has 162 valence electrons. The minimum Gasteiger partial charge on any atom is -0.340 e.